The van der Waals surface area contributed by atoms with E-state index in [2.05, 4.69) is 10.6 Å². The molecule has 0 aliphatic carbocycles. The maximum Gasteiger partial charge on any atom is 0.416 e. The minimum atomic E-state index is -4.60. The van der Waals surface area contributed by atoms with Crippen molar-refractivity contribution in [2.24, 2.45) is 0 Å². The van der Waals surface area contributed by atoms with Crippen LogP contribution < -0.4 is 10.6 Å². The Morgan fingerprint density at radius 3 is 2.16 bits per heavy atom. The van der Waals surface area contributed by atoms with Crippen molar-refractivity contribution in [3.63, 3.8) is 0 Å². The molecule has 2 N–H and O–H groups in total. The molecule has 0 spiro atoms. The molecule has 2 aromatic carbocycles. The van der Waals surface area contributed by atoms with E-state index in [9.17, 15) is 31.1 Å². The monoisotopic (exact) mass is 478 g/mol. The Labute approximate surface area is 181 Å². The van der Waals surface area contributed by atoms with Crippen LogP contribution in [0.4, 0.5) is 37.7 Å². The Balaban J connectivity index is 2.05. The van der Waals surface area contributed by atoms with Crippen LogP contribution in [-0.4, -0.2) is 18.7 Å². The van der Waals surface area contributed by atoms with E-state index in [1.165, 1.54) is 30.9 Å². The number of halogens is 6. The third-order valence-electron chi connectivity index (χ3n) is 4.33. The first-order chi connectivity index (χ1) is 14.5. The van der Waals surface area contributed by atoms with Crippen molar-refractivity contribution >= 4 is 50.5 Å². The zero-order valence-corrected chi connectivity index (χ0v) is 17.8. The normalized spacial score (nSPS) is 12.3. The Bertz CT molecular complexity index is 1120. The van der Waals surface area contributed by atoms with E-state index in [1.54, 1.807) is 0 Å². The molecule has 0 saturated heterocycles. The summed E-state index contributed by atoms with van der Waals surface area (Å²) < 4.78 is 78.7. The number of fused-ring (bicyclic) bond motifs is 1. The first kappa shape index (κ1) is 23.3. The minimum Gasteiger partial charge on any atom is -0.386 e. The Kier molecular flexibility index (Phi) is 6.47. The highest BCUT2D eigenvalue weighted by Crippen LogP contribution is 2.42. The average Bonchev–Trinajstić information content (AvgIpc) is 3.05. The van der Waals surface area contributed by atoms with E-state index in [4.69, 9.17) is 0 Å². The summed E-state index contributed by atoms with van der Waals surface area (Å²) in [6.45, 7) is 1.83. The molecule has 3 aromatic rings. The third kappa shape index (κ3) is 4.93. The smallest absolute Gasteiger partial charge is 0.386 e. The van der Waals surface area contributed by atoms with Gasteiger partial charge in [0.2, 0.25) is 0 Å². The van der Waals surface area contributed by atoms with E-state index in [1.807, 2.05) is 6.92 Å². The van der Waals surface area contributed by atoms with Crippen LogP contribution >= 0.6 is 23.1 Å². The molecular formula is C20H16F6N2OS2. The van der Waals surface area contributed by atoms with Gasteiger partial charge in [0.05, 0.1) is 22.5 Å². The number of rotatable bonds is 5. The highest BCUT2D eigenvalue weighted by molar-refractivity contribution is 7.99. The van der Waals surface area contributed by atoms with Gasteiger partial charge in [-0.3, -0.25) is 4.79 Å². The Hall–Kier alpha value is -2.40. The van der Waals surface area contributed by atoms with Crippen molar-refractivity contribution in [1.29, 1.82) is 0 Å². The number of alkyl halides is 6. The fourth-order valence-electron chi connectivity index (χ4n) is 2.91. The molecule has 0 bridgehead atoms. The number of thiophene rings is 1. The maximum atomic E-state index is 13.1. The van der Waals surface area contributed by atoms with Crippen molar-refractivity contribution < 1.29 is 31.1 Å². The largest absolute Gasteiger partial charge is 0.416 e. The van der Waals surface area contributed by atoms with Crippen LogP contribution in [0.3, 0.4) is 0 Å². The summed E-state index contributed by atoms with van der Waals surface area (Å²) in [6, 6.07) is 6.12. The number of hydrogen-bond donors (Lipinski definition) is 2. The lowest BCUT2D eigenvalue weighted by Crippen LogP contribution is -2.14. The van der Waals surface area contributed by atoms with E-state index in [0.717, 1.165) is 35.6 Å². The van der Waals surface area contributed by atoms with Gasteiger partial charge < -0.3 is 10.6 Å². The number of thioether (sulfide) groups is 1. The number of anilines is 2. The van der Waals surface area contributed by atoms with Gasteiger partial charge in [-0.25, -0.2) is 0 Å². The summed E-state index contributed by atoms with van der Waals surface area (Å²) >= 11 is 2.15. The van der Waals surface area contributed by atoms with Gasteiger partial charge in [-0.1, -0.05) is 13.0 Å². The van der Waals surface area contributed by atoms with Crippen LogP contribution in [0.5, 0.6) is 0 Å². The first-order valence-electron chi connectivity index (χ1n) is 8.92. The molecule has 0 saturated carbocycles. The predicted molar refractivity (Wildman–Crippen MR) is 112 cm³/mol. The lowest BCUT2D eigenvalue weighted by Gasteiger charge is -2.14. The second-order valence-electron chi connectivity index (χ2n) is 6.36. The molecule has 0 radical (unpaired) electrons. The zero-order valence-electron chi connectivity index (χ0n) is 16.2. The van der Waals surface area contributed by atoms with Crippen LogP contribution in [0.15, 0.2) is 41.3 Å². The van der Waals surface area contributed by atoms with Gasteiger partial charge in [0.1, 0.15) is 4.88 Å². The molecule has 31 heavy (non-hydrogen) atoms. The van der Waals surface area contributed by atoms with E-state index in [-0.39, 0.29) is 21.0 Å². The van der Waals surface area contributed by atoms with E-state index >= 15 is 0 Å². The molecule has 0 aliphatic rings. The van der Waals surface area contributed by atoms with Crippen LogP contribution in [0.1, 0.15) is 27.7 Å². The fourth-order valence-corrected chi connectivity index (χ4v) is 5.15. The second kappa shape index (κ2) is 8.62. The molecular weight excluding hydrogens is 462 g/mol. The summed E-state index contributed by atoms with van der Waals surface area (Å²) in [5.74, 6) is -0.139. The van der Waals surface area contributed by atoms with Crippen LogP contribution in [-0.2, 0) is 12.4 Å². The Morgan fingerprint density at radius 2 is 1.58 bits per heavy atom. The summed E-state index contributed by atoms with van der Waals surface area (Å²) in [6.07, 6.45) is -9.13. The number of hydrogen-bond acceptors (Lipinski definition) is 4. The Morgan fingerprint density at radius 1 is 0.968 bits per heavy atom. The van der Waals surface area contributed by atoms with E-state index < -0.39 is 29.4 Å². The number of benzene rings is 2. The molecule has 11 heteroatoms. The highest BCUT2D eigenvalue weighted by Gasteiger charge is 2.32. The van der Waals surface area contributed by atoms with Crippen molar-refractivity contribution in [2.45, 2.75) is 24.2 Å². The molecule has 0 atom stereocenters. The number of carbonyl (C=O) groups is 1. The number of amides is 1. The maximum absolute atomic E-state index is 13.1. The lowest BCUT2D eigenvalue weighted by molar-refractivity contribution is -0.138. The van der Waals surface area contributed by atoms with Gasteiger partial charge in [-0.05, 0) is 36.1 Å². The molecule has 3 rings (SSSR count). The first-order valence-corrected chi connectivity index (χ1v) is 10.7. The third-order valence-corrected chi connectivity index (χ3v) is 6.61. The molecule has 166 valence electrons. The average molecular weight is 478 g/mol. The van der Waals surface area contributed by atoms with Gasteiger partial charge in [-0.15, -0.1) is 23.1 Å². The van der Waals surface area contributed by atoms with Crippen molar-refractivity contribution in [1.82, 2.24) is 0 Å². The molecule has 0 aliphatic heterocycles. The van der Waals surface area contributed by atoms with E-state index in [0.29, 0.717) is 16.0 Å². The SMILES string of the molecule is CCSc1c(C(=O)Nc2cc(C(F)(F)F)ccc2NC)sc2cc(C(F)(F)F)ccc12. The summed E-state index contributed by atoms with van der Waals surface area (Å²) in [5, 5.41) is 5.67. The number of nitrogens with one attached hydrogen (secondary N) is 2. The summed E-state index contributed by atoms with van der Waals surface area (Å²) in [7, 11) is 1.49. The fraction of sp³-hybridized carbons (Fsp3) is 0.250. The second-order valence-corrected chi connectivity index (χ2v) is 8.69. The predicted octanol–water partition coefficient (Wildman–Crippen LogP) is 7.34. The topological polar surface area (TPSA) is 41.1 Å². The van der Waals surface area contributed by atoms with Crippen LogP contribution in [0, 0.1) is 0 Å². The molecule has 0 unspecified atom stereocenters. The molecule has 0 fully saturated rings. The van der Waals surface area contributed by atoms with Gasteiger partial charge in [0.25, 0.3) is 5.91 Å². The van der Waals surface area contributed by atoms with Gasteiger partial charge >= 0.3 is 12.4 Å². The van der Waals surface area contributed by atoms with Crippen LogP contribution in [0.2, 0.25) is 0 Å². The van der Waals surface area contributed by atoms with Crippen molar-refractivity contribution in [3.05, 3.63) is 52.4 Å². The summed E-state index contributed by atoms with van der Waals surface area (Å²) in [4.78, 5) is 13.6. The zero-order chi connectivity index (χ0) is 23.0. The van der Waals surface area contributed by atoms with Gasteiger partial charge in [0, 0.05) is 22.0 Å². The number of carbonyl (C=O) groups excluding carboxylic acids is 1. The van der Waals surface area contributed by atoms with Gasteiger partial charge in [-0.2, -0.15) is 26.3 Å². The molecule has 1 heterocycles. The van der Waals surface area contributed by atoms with Gasteiger partial charge in [0.15, 0.2) is 0 Å². The van der Waals surface area contributed by atoms with Crippen molar-refractivity contribution in [2.75, 3.05) is 23.4 Å². The molecule has 1 amide bonds. The standard InChI is InChI=1S/C20H16F6N2OS2/c1-3-30-16-12-6-4-11(20(24,25)26)9-15(12)31-17(16)18(29)28-14-8-10(19(21,22)23)5-7-13(14)27-2/h4-9,27H,3H2,1-2H3,(H,28,29). The molecule has 3 nitrogen and oxygen atoms in total. The minimum absolute atomic E-state index is 0.0804. The lowest BCUT2D eigenvalue weighted by atomic mass is 10.1. The molecule has 1 aromatic heterocycles. The highest BCUT2D eigenvalue weighted by atomic mass is 32.2. The van der Waals surface area contributed by atoms with Crippen LogP contribution in [0.25, 0.3) is 10.1 Å². The quantitative estimate of drug-likeness (QED) is 0.298. The van der Waals surface area contributed by atoms with Crippen molar-refractivity contribution in [3.8, 4) is 0 Å². The summed E-state index contributed by atoms with van der Waals surface area (Å²) in [5.41, 5.74) is -1.58.